The van der Waals surface area contributed by atoms with Crippen molar-refractivity contribution in [1.82, 2.24) is 20.3 Å². The molecule has 2 aromatic heterocycles. The molecule has 150 valence electrons. The molecule has 6 heteroatoms. The average molecular weight is 390 g/mol. The molecule has 0 bridgehead atoms. The molecule has 1 fully saturated rings. The largest absolute Gasteiger partial charge is 0.358 e. The van der Waals surface area contributed by atoms with Gasteiger partial charge in [-0.15, -0.1) is 0 Å². The predicted octanol–water partition coefficient (Wildman–Crippen LogP) is 3.19. The minimum Gasteiger partial charge on any atom is -0.358 e. The number of rotatable bonds is 4. The summed E-state index contributed by atoms with van der Waals surface area (Å²) in [6.45, 7) is 3.30. The van der Waals surface area contributed by atoms with Crippen LogP contribution in [0.25, 0.3) is 6.08 Å². The highest BCUT2D eigenvalue weighted by Crippen LogP contribution is 2.31. The minimum absolute atomic E-state index is 0.152. The van der Waals surface area contributed by atoms with Gasteiger partial charge >= 0.3 is 0 Å². The maximum Gasteiger partial charge on any atom is 0.273 e. The Kier molecular flexibility index (Phi) is 5.02. The third-order valence-corrected chi connectivity index (χ3v) is 6.27. The Hall–Kier alpha value is -2.73. The lowest BCUT2D eigenvalue weighted by molar-refractivity contribution is -0.116. The highest BCUT2D eigenvalue weighted by atomic mass is 16.2. The summed E-state index contributed by atoms with van der Waals surface area (Å²) in [5, 5.41) is 4.28. The van der Waals surface area contributed by atoms with Gasteiger partial charge in [-0.1, -0.05) is 6.42 Å². The Morgan fingerprint density at radius 1 is 1.10 bits per heavy atom. The number of aromatic nitrogens is 2. The molecule has 2 aromatic rings. The molecule has 0 spiro atoms. The zero-order valence-corrected chi connectivity index (χ0v) is 16.7. The van der Waals surface area contributed by atoms with Crippen molar-refractivity contribution in [2.24, 2.45) is 5.10 Å². The zero-order chi connectivity index (χ0) is 19.6. The van der Waals surface area contributed by atoms with Gasteiger partial charge in [-0.3, -0.25) is 14.7 Å². The molecular formula is C23H27N5O. The smallest absolute Gasteiger partial charge is 0.273 e. The molecule has 2 N–H and O–H groups in total. The zero-order valence-electron chi connectivity index (χ0n) is 16.7. The van der Waals surface area contributed by atoms with Crippen LogP contribution in [0.15, 0.2) is 35.2 Å². The molecule has 0 atom stereocenters. The monoisotopic (exact) mass is 389 g/mol. The maximum atomic E-state index is 12.6. The Bertz CT molecular complexity index is 967. The number of piperidine rings is 1. The van der Waals surface area contributed by atoms with Crippen molar-refractivity contribution in [2.45, 2.75) is 51.5 Å². The van der Waals surface area contributed by atoms with Crippen molar-refractivity contribution >= 4 is 17.7 Å². The van der Waals surface area contributed by atoms with Crippen LogP contribution in [0.5, 0.6) is 0 Å². The first-order valence-corrected chi connectivity index (χ1v) is 10.7. The van der Waals surface area contributed by atoms with Crippen molar-refractivity contribution in [3.05, 3.63) is 58.2 Å². The summed E-state index contributed by atoms with van der Waals surface area (Å²) < 4.78 is 0. The van der Waals surface area contributed by atoms with Crippen LogP contribution in [0.2, 0.25) is 0 Å². The highest BCUT2D eigenvalue weighted by Gasteiger charge is 2.27. The summed E-state index contributed by atoms with van der Waals surface area (Å²) >= 11 is 0. The third kappa shape index (κ3) is 3.65. The number of carbonyl (C=O) groups is 1. The predicted molar refractivity (Wildman–Crippen MR) is 113 cm³/mol. The number of fused-ring (bicyclic) bond motifs is 1. The number of nitrogens with zero attached hydrogens (tertiary/aromatic N) is 3. The van der Waals surface area contributed by atoms with Gasteiger partial charge in [0, 0.05) is 35.9 Å². The number of hydrogen-bond acceptors (Lipinski definition) is 4. The lowest BCUT2D eigenvalue weighted by Crippen LogP contribution is -2.29. The summed E-state index contributed by atoms with van der Waals surface area (Å²) in [4.78, 5) is 23.0. The van der Waals surface area contributed by atoms with Gasteiger partial charge in [0.1, 0.15) is 5.71 Å². The molecule has 0 saturated carbocycles. The van der Waals surface area contributed by atoms with E-state index in [4.69, 9.17) is 0 Å². The normalized spacial score (nSPS) is 21.2. The van der Waals surface area contributed by atoms with E-state index in [1.165, 1.54) is 62.0 Å². The van der Waals surface area contributed by atoms with Gasteiger partial charge < -0.3 is 4.98 Å². The van der Waals surface area contributed by atoms with E-state index in [1.807, 2.05) is 18.2 Å². The molecule has 6 nitrogen and oxygen atoms in total. The van der Waals surface area contributed by atoms with Gasteiger partial charge in [0.05, 0.1) is 5.57 Å². The summed E-state index contributed by atoms with van der Waals surface area (Å²) in [7, 11) is 0. The standard InChI is InChI=1S/C23H27N5O/c29-23-18(22(26-27-23)16-7-6-10-24-14-16)13-21-19(15-28-11-4-1-5-12-28)17-8-2-3-9-20(17)25-21/h6-7,10,13-14,25H,1-5,8-9,11-12,15H2,(H,27,29). The molecule has 29 heavy (non-hydrogen) atoms. The van der Waals surface area contributed by atoms with Gasteiger partial charge in [-0.25, -0.2) is 5.43 Å². The van der Waals surface area contributed by atoms with Crippen LogP contribution in [0, 0.1) is 0 Å². The molecule has 0 aromatic carbocycles. The lowest BCUT2D eigenvalue weighted by atomic mass is 9.93. The fourth-order valence-electron chi connectivity index (χ4n) is 4.76. The Morgan fingerprint density at radius 3 is 2.79 bits per heavy atom. The van der Waals surface area contributed by atoms with Crippen LogP contribution in [-0.2, 0) is 24.2 Å². The summed E-state index contributed by atoms with van der Waals surface area (Å²) in [6.07, 6.45) is 14.1. The molecule has 5 rings (SSSR count). The summed E-state index contributed by atoms with van der Waals surface area (Å²) in [6, 6.07) is 3.81. The third-order valence-electron chi connectivity index (χ3n) is 6.27. The highest BCUT2D eigenvalue weighted by molar-refractivity contribution is 6.33. The number of aryl methyl sites for hydroxylation is 1. The Morgan fingerprint density at radius 2 is 1.97 bits per heavy atom. The molecular weight excluding hydrogens is 362 g/mol. The van der Waals surface area contributed by atoms with Gasteiger partial charge in [0.2, 0.25) is 0 Å². The van der Waals surface area contributed by atoms with Gasteiger partial charge in [0.25, 0.3) is 5.91 Å². The number of carbonyl (C=O) groups excluding carboxylic acids is 1. The number of amides is 1. The first-order chi connectivity index (χ1) is 14.3. The minimum atomic E-state index is -0.152. The van der Waals surface area contributed by atoms with Crippen LogP contribution in [0.4, 0.5) is 0 Å². The fraction of sp³-hybridized carbons (Fsp3) is 0.435. The number of aromatic amines is 1. The van der Waals surface area contributed by atoms with Crippen LogP contribution >= 0.6 is 0 Å². The quantitative estimate of drug-likeness (QED) is 0.789. The van der Waals surface area contributed by atoms with Gasteiger partial charge in [-0.05, 0) is 81.0 Å². The second-order valence-corrected chi connectivity index (χ2v) is 8.22. The van der Waals surface area contributed by atoms with Crippen LogP contribution in [0.3, 0.4) is 0 Å². The SMILES string of the molecule is O=C1NN=C(c2cccnc2)C1=Cc1[nH]c2c(c1CN1CCCCC1)CCCC2. The number of hydrazone groups is 1. The van der Waals surface area contributed by atoms with Crippen molar-refractivity contribution < 1.29 is 4.79 Å². The molecule has 2 aliphatic heterocycles. The summed E-state index contributed by atoms with van der Waals surface area (Å²) in [5.74, 6) is -0.152. The van der Waals surface area contributed by atoms with E-state index in [-0.39, 0.29) is 5.91 Å². The van der Waals surface area contributed by atoms with Crippen molar-refractivity contribution in [1.29, 1.82) is 0 Å². The van der Waals surface area contributed by atoms with E-state index < -0.39 is 0 Å². The van der Waals surface area contributed by atoms with E-state index in [1.54, 1.807) is 12.4 Å². The number of H-pyrrole nitrogens is 1. The average Bonchev–Trinajstić information content (AvgIpc) is 3.30. The fourth-order valence-corrected chi connectivity index (χ4v) is 4.76. The first-order valence-electron chi connectivity index (χ1n) is 10.7. The van der Waals surface area contributed by atoms with Crippen LogP contribution in [-0.4, -0.2) is 39.6 Å². The maximum absolute atomic E-state index is 12.6. The number of pyridine rings is 1. The van der Waals surface area contributed by atoms with Crippen molar-refractivity contribution in [2.75, 3.05) is 13.1 Å². The van der Waals surface area contributed by atoms with E-state index in [9.17, 15) is 4.79 Å². The molecule has 1 saturated heterocycles. The van der Waals surface area contributed by atoms with E-state index in [0.29, 0.717) is 11.3 Å². The van der Waals surface area contributed by atoms with E-state index in [2.05, 4.69) is 25.4 Å². The van der Waals surface area contributed by atoms with Crippen LogP contribution in [0.1, 0.15) is 60.2 Å². The molecule has 1 amide bonds. The van der Waals surface area contributed by atoms with E-state index >= 15 is 0 Å². The molecule has 1 aliphatic carbocycles. The Balaban J connectivity index is 1.53. The second kappa shape index (κ2) is 7.95. The van der Waals surface area contributed by atoms with Gasteiger partial charge in [0.15, 0.2) is 0 Å². The lowest BCUT2D eigenvalue weighted by Gasteiger charge is -2.27. The van der Waals surface area contributed by atoms with Crippen molar-refractivity contribution in [3.63, 3.8) is 0 Å². The molecule has 3 aliphatic rings. The topological polar surface area (TPSA) is 73.4 Å². The second-order valence-electron chi connectivity index (χ2n) is 8.22. The first kappa shape index (κ1) is 18.3. The van der Waals surface area contributed by atoms with E-state index in [0.717, 1.165) is 30.6 Å². The number of hydrogen-bond donors (Lipinski definition) is 2. The number of nitrogens with one attached hydrogen (secondary N) is 2. The van der Waals surface area contributed by atoms with Crippen molar-refractivity contribution in [3.8, 4) is 0 Å². The van der Waals surface area contributed by atoms with Crippen LogP contribution < -0.4 is 5.43 Å². The Labute approximate surface area is 171 Å². The summed E-state index contributed by atoms with van der Waals surface area (Å²) in [5.41, 5.74) is 10.0. The molecule has 0 unspecified atom stereocenters. The van der Waals surface area contributed by atoms with Gasteiger partial charge in [-0.2, -0.15) is 5.10 Å². The molecule has 4 heterocycles. The molecule has 0 radical (unpaired) electrons. The number of likely N-dealkylation sites (tertiary alicyclic amines) is 1.